The summed E-state index contributed by atoms with van der Waals surface area (Å²) in [6, 6.07) is 5.85. The third-order valence-corrected chi connectivity index (χ3v) is 4.18. The molecule has 2 N–H and O–H groups in total. The van der Waals surface area contributed by atoms with E-state index in [2.05, 4.69) is 18.4 Å². The molecule has 0 amide bonds. The molecule has 1 saturated carbocycles. The first kappa shape index (κ1) is 14.3. The van der Waals surface area contributed by atoms with Crippen LogP contribution in [0.3, 0.4) is 0 Å². The van der Waals surface area contributed by atoms with E-state index < -0.39 is 0 Å². The number of nitrogen functional groups attached to an aromatic ring is 1. The lowest BCUT2D eigenvalue weighted by Crippen LogP contribution is -2.09. The summed E-state index contributed by atoms with van der Waals surface area (Å²) in [5, 5.41) is 0.608. The number of hydrogen-bond donors (Lipinski definition) is 1. The zero-order valence-electron chi connectivity index (χ0n) is 12.6. The van der Waals surface area contributed by atoms with Crippen LogP contribution in [0, 0.1) is 0 Å². The van der Waals surface area contributed by atoms with Crippen molar-refractivity contribution >= 4 is 17.4 Å². The van der Waals surface area contributed by atoms with E-state index in [0.717, 1.165) is 17.1 Å². The van der Waals surface area contributed by atoms with Gasteiger partial charge >= 0.3 is 0 Å². The molecule has 0 atom stereocenters. The van der Waals surface area contributed by atoms with Gasteiger partial charge in [0.05, 0.1) is 17.7 Å². The van der Waals surface area contributed by atoms with Crippen molar-refractivity contribution in [3.8, 4) is 17.0 Å². The summed E-state index contributed by atoms with van der Waals surface area (Å²) in [5.74, 6) is 2.96. The minimum atomic E-state index is 0.273. The van der Waals surface area contributed by atoms with Gasteiger partial charge in [0.25, 0.3) is 0 Å². The molecule has 1 fully saturated rings. The van der Waals surface area contributed by atoms with Gasteiger partial charge in [0.1, 0.15) is 23.1 Å². The van der Waals surface area contributed by atoms with Gasteiger partial charge in [-0.3, -0.25) is 0 Å². The minimum absolute atomic E-state index is 0.273. The molecule has 21 heavy (non-hydrogen) atoms. The number of ether oxygens (including phenoxy) is 1. The van der Waals surface area contributed by atoms with Crippen molar-refractivity contribution in [2.24, 2.45) is 0 Å². The fraction of sp³-hybridized carbons (Fsp3) is 0.438. The van der Waals surface area contributed by atoms with Crippen molar-refractivity contribution in [2.45, 2.75) is 38.6 Å². The molecular weight excluding hydrogens is 286 g/mol. The second-order valence-corrected chi connectivity index (χ2v) is 6.17. The Bertz CT molecular complexity index is 674. The Hall–Kier alpha value is -1.68. The zero-order valence-corrected chi connectivity index (χ0v) is 13.3. The van der Waals surface area contributed by atoms with Crippen molar-refractivity contribution in [3.63, 3.8) is 0 Å². The molecule has 0 spiro atoms. The molecule has 0 aliphatic heterocycles. The zero-order chi connectivity index (χ0) is 15.1. The standard InChI is InChI=1S/C16H20ClN3O/c1-9(2)20-15(18)14(19-16(20)10-7-8-10)13-11(17)5-4-6-12(13)21-3/h4-6,9-10H,7-8,18H2,1-3H3. The highest BCUT2D eigenvalue weighted by Crippen LogP contribution is 2.46. The van der Waals surface area contributed by atoms with Gasteiger partial charge in [-0.25, -0.2) is 4.98 Å². The maximum Gasteiger partial charge on any atom is 0.132 e. The lowest BCUT2D eigenvalue weighted by Gasteiger charge is -2.13. The van der Waals surface area contributed by atoms with Gasteiger partial charge in [-0.1, -0.05) is 17.7 Å². The van der Waals surface area contributed by atoms with Crippen LogP contribution in [0.25, 0.3) is 11.3 Å². The second-order valence-electron chi connectivity index (χ2n) is 5.76. The van der Waals surface area contributed by atoms with E-state index in [4.69, 9.17) is 27.1 Å². The number of hydrogen-bond acceptors (Lipinski definition) is 3. The van der Waals surface area contributed by atoms with Crippen LogP contribution < -0.4 is 10.5 Å². The number of aromatic nitrogens is 2. The molecule has 0 radical (unpaired) electrons. The highest BCUT2D eigenvalue weighted by Gasteiger charge is 2.32. The fourth-order valence-corrected chi connectivity index (χ4v) is 2.98. The molecule has 0 saturated heterocycles. The lowest BCUT2D eigenvalue weighted by molar-refractivity contribution is 0.416. The predicted molar refractivity (Wildman–Crippen MR) is 86.0 cm³/mol. The van der Waals surface area contributed by atoms with E-state index in [1.165, 1.54) is 12.8 Å². The van der Waals surface area contributed by atoms with Crippen molar-refractivity contribution in [2.75, 3.05) is 12.8 Å². The minimum Gasteiger partial charge on any atom is -0.496 e. The SMILES string of the molecule is COc1cccc(Cl)c1-c1nc(C2CC2)n(C(C)C)c1N. The average Bonchev–Trinajstić information content (AvgIpc) is 3.22. The Labute approximate surface area is 129 Å². The number of rotatable bonds is 4. The van der Waals surface area contributed by atoms with Gasteiger partial charge in [0, 0.05) is 12.0 Å². The molecule has 3 rings (SSSR count). The van der Waals surface area contributed by atoms with E-state index in [1.54, 1.807) is 7.11 Å². The molecular formula is C16H20ClN3O. The van der Waals surface area contributed by atoms with E-state index in [-0.39, 0.29) is 6.04 Å². The number of anilines is 1. The summed E-state index contributed by atoms with van der Waals surface area (Å²) in [7, 11) is 1.63. The number of benzene rings is 1. The van der Waals surface area contributed by atoms with Gasteiger partial charge in [-0.05, 0) is 38.8 Å². The molecule has 1 heterocycles. The molecule has 1 aromatic carbocycles. The summed E-state index contributed by atoms with van der Waals surface area (Å²) in [4.78, 5) is 4.81. The summed E-state index contributed by atoms with van der Waals surface area (Å²) in [6.45, 7) is 4.25. The maximum atomic E-state index is 6.38. The van der Waals surface area contributed by atoms with Crippen LogP contribution in [0.5, 0.6) is 5.75 Å². The first-order valence-electron chi connectivity index (χ1n) is 7.25. The molecule has 1 aliphatic rings. The molecule has 112 valence electrons. The highest BCUT2D eigenvalue weighted by atomic mass is 35.5. The molecule has 1 aliphatic carbocycles. The lowest BCUT2D eigenvalue weighted by atomic mass is 10.1. The topological polar surface area (TPSA) is 53.1 Å². The Morgan fingerprint density at radius 3 is 2.67 bits per heavy atom. The summed E-state index contributed by atoms with van der Waals surface area (Å²) >= 11 is 6.37. The van der Waals surface area contributed by atoms with Crippen LogP contribution >= 0.6 is 11.6 Å². The van der Waals surface area contributed by atoms with Crippen LogP contribution in [0.15, 0.2) is 18.2 Å². The Kier molecular flexibility index (Phi) is 3.57. The van der Waals surface area contributed by atoms with E-state index in [1.807, 2.05) is 18.2 Å². The van der Waals surface area contributed by atoms with Crippen LogP contribution in [0.4, 0.5) is 5.82 Å². The van der Waals surface area contributed by atoms with Gasteiger partial charge < -0.3 is 15.0 Å². The first-order valence-corrected chi connectivity index (χ1v) is 7.62. The van der Waals surface area contributed by atoms with E-state index in [9.17, 15) is 0 Å². The second kappa shape index (κ2) is 5.26. The molecule has 0 unspecified atom stereocenters. The Morgan fingerprint density at radius 2 is 2.10 bits per heavy atom. The molecule has 1 aromatic heterocycles. The third-order valence-electron chi connectivity index (χ3n) is 3.87. The summed E-state index contributed by atoms with van der Waals surface area (Å²) in [5.41, 5.74) is 7.89. The fourth-order valence-electron chi connectivity index (χ4n) is 2.72. The van der Waals surface area contributed by atoms with E-state index >= 15 is 0 Å². The molecule has 5 heteroatoms. The van der Waals surface area contributed by atoms with Crippen molar-refractivity contribution in [1.82, 2.24) is 9.55 Å². The van der Waals surface area contributed by atoms with Gasteiger partial charge in [-0.15, -0.1) is 0 Å². The molecule has 4 nitrogen and oxygen atoms in total. The number of halogens is 1. The number of methoxy groups -OCH3 is 1. The predicted octanol–water partition coefficient (Wildman–Crippen LogP) is 4.25. The monoisotopic (exact) mass is 305 g/mol. The third kappa shape index (κ3) is 2.38. The summed E-state index contributed by atoms with van der Waals surface area (Å²) < 4.78 is 7.55. The van der Waals surface area contributed by atoms with E-state index in [0.29, 0.717) is 22.5 Å². The van der Waals surface area contributed by atoms with Crippen molar-refractivity contribution in [1.29, 1.82) is 0 Å². The highest BCUT2D eigenvalue weighted by molar-refractivity contribution is 6.33. The van der Waals surface area contributed by atoms with Crippen LogP contribution in [0.1, 0.15) is 44.5 Å². The van der Waals surface area contributed by atoms with Gasteiger partial charge in [0.15, 0.2) is 0 Å². The number of imidazole rings is 1. The molecule has 2 aromatic rings. The molecule has 0 bridgehead atoms. The number of nitrogens with zero attached hydrogens (tertiary/aromatic N) is 2. The first-order chi connectivity index (χ1) is 10.0. The quantitative estimate of drug-likeness (QED) is 0.918. The Balaban J connectivity index is 2.22. The maximum absolute atomic E-state index is 6.38. The largest absolute Gasteiger partial charge is 0.496 e. The average molecular weight is 306 g/mol. The van der Waals surface area contributed by atoms with Crippen LogP contribution in [0.2, 0.25) is 5.02 Å². The van der Waals surface area contributed by atoms with Crippen LogP contribution in [-0.4, -0.2) is 16.7 Å². The normalized spacial score (nSPS) is 14.7. The number of nitrogens with two attached hydrogens (primary N) is 1. The smallest absolute Gasteiger partial charge is 0.132 e. The van der Waals surface area contributed by atoms with Crippen LogP contribution in [-0.2, 0) is 0 Å². The van der Waals surface area contributed by atoms with Crippen molar-refractivity contribution in [3.05, 3.63) is 29.0 Å². The van der Waals surface area contributed by atoms with Gasteiger partial charge in [0.2, 0.25) is 0 Å². The van der Waals surface area contributed by atoms with Gasteiger partial charge in [-0.2, -0.15) is 0 Å². The Morgan fingerprint density at radius 1 is 1.38 bits per heavy atom. The van der Waals surface area contributed by atoms with Crippen molar-refractivity contribution < 1.29 is 4.74 Å². The summed E-state index contributed by atoms with van der Waals surface area (Å²) in [6.07, 6.45) is 2.37.